The van der Waals surface area contributed by atoms with Crippen molar-refractivity contribution in [2.45, 2.75) is 19.4 Å². The van der Waals surface area contributed by atoms with E-state index in [0.29, 0.717) is 11.3 Å². The molecule has 0 radical (unpaired) electrons. The number of esters is 1. The molecule has 0 bridgehead atoms. The SMILES string of the molecule is C=C(C)C(=O)OCC(O)Cc1ccc(-n2nc3ccccc3n2)c(O)c1.c1ccc2n[nH]nc2c1. The number of aliphatic hydroxyl groups is 1. The molecule has 0 spiro atoms. The summed E-state index contributed by atoms with van der Waals surface area (Å²) in [5.74, 6) is -0.548. The second kappa shape index (κ2) is 10.6. The van der Waals surface area contributed by atoms with Crippen molar-refractivity contribution in [2.24, 2.45) is 0 Å². The molecule has 10 heteroatoms. The Kier molecular flexibility index (Phi) is 7.12. The third kappa shape index (κ3) is 5.87. The highest BCUT2D eigenvalue weighted by molar-refractivity contribution is 5.86. The number of ether oxygens (including phenoxy) is 1. The van der Waals surface area contributed by atoms with E-state index in [1.165, 1.54) is 17.8 Å². The standard InChI is InChI=1S/C19H19N3O4.C6H5N3/c1-12(2)19(25)26-11-14(23)9-13-7-8-17(18(24)10-13)22-20-15-5-3-4-6-16(15)21-22;1-2-4-6-5(3-1)7-9-8-6/h3-8,10,14,23-24H,1,9,11H2,2H3;1-4H,(H,7,8,9). The van der Waals surface area contributed by atoms with Crippen LogP contribution >= 0.6 is 0 Å². The van der Waals surface area contributed by atoms with E-state index in [-0.39, 0.29) is 24.4 Å². The summed E-state index contributed by atoms with van der Waals surface area (Å²) in [5, 5.41) is 39.2. The Balaban J connectivity index is 0.000000266. The molecule has 0 saturated carbocycles. The highest BCUT2D eigenvalue weighted by Crippen LogP contribution is 2.24. The first-order chi connectivity index (χ1) is 16.9. The number of hydrogen-bond acceptors (Lipinski definition) is 8. The molecule has 1 unspecified atom stereocenters. The van der Waals surface area contributed by atoms with Gasteiger partial charge >= 0.3 is 5.97 Å². The molecule has 0 aliphatic rings. The normalized spacial score (nSPS) is 11.6. The molecule has 0 amide bonds. The van der Waals surface area contributed by atoms with Gasteiger partial charge in [0.15, 0.2) is 0 Å². The first-order valence-electron chi connectivity index (χ1n) is 10.8. The number of carbonyl (C=O) groups is 1. The topological polar surface area (TPSA) is 139 Å². The van der Waals surface area contributed by atoms with Crippen LogP contribution in [0.1, 0.15) is 12.5 Å². The van der Waals surface area contributed by atoms with Gasteiger partial charge in [-0.25, -0.2) is 4.79 Å². The van der Waals surface area contributed by atoms with E-state index in [9.17, 15) is 15.0 Å². The number of aromatic hydroxyl groups is 1. The number of hydrogen-bond donors (Lipinski definition) is 3. The predicted octanol–water partition coefficient (Wildman–Crippen LogP) is 3.11. The van der Waals surface area contributed by atoms with Crippen LogP contribution in [0.3, 0.4) is 0 Å². The fourth-order valence-corrected chi connectivity index (χ4v) is 3.24. The number of aromatic nitrogens is 6. The summed E-state index contributed by atoms with van der Waals surface area (Å²) >= 11 is 0. The van der Waals surface area contributed by atoms with Crippen molar-refractivity contribution in [1.82, 2.24) is 30.4 Å². The van der Waals surface area contributed by atoms with Crippen molar-refractivity contribution in [3.63, 3.8) is 0 Å². The Bertz CT molecular complexity index is 1410. The summed E-state index contributed by atoms with van der Waals surface area (Å²) in [5.41, 5.74) is 4.69. The number of aliphatic hydroxyl groups excluding tert-OH is 1. The third-order valence-corrected chi connectivity index (χ3v) is 4.99. The summed E-state index contributed by atoms with van der Waals surface area (Å²) in [4.78, 5) is 12.7. The Morgan fingerprint density at radius 3 is 2.11 bits per heavy atom. The number of rotatable bonds is 6. The summed E-state index contributed by atoms with van der Waals surface area (Å²) in [6.45, 7) is 4.88. The zero-order valence-corrected chi connectivity index (χ0v) is 19.0. The number of aromatic amines is 1. The molecule has 0 aliphatic heterocycles. The predicted molar refractivity (Wildman–Crippen MR) is 130 cm³/mol. The van der Waals surface area contributed by atoms with Crippen LogP contribution in [0.5, 0.6) is 5.75 Å². The lowest BCUT2D eigenvalue weighted by Gasteiger charge is -2.12. The van der Waals surface area contributed by atoms with E-state index in [4.69, 9.17) is 4.74 Å². The fraction of sp³-hybridized carbons (Fsp3) is 0.160. The number of benzene rings is 3. The van der Waals surface area contributed by atoms with Gasteiger partial charge < -0.3 is 14.9 Å². The molecule has 3 N–H and O–H groups in total. The molecule has 0 aliphatic carbocycles. The summed E-state index contributed by atoms with van der Waals surface area (Å²) in [6.07, 6.45) is -0.653. The van der Waals surface area contributed by atoms with Crippen LogP contribution in [0.2, 0.25) is 0 Å². The van der Waals surface area contributed by atoms with E-state index >= 15 is 0 Å². The lowest BCUT2D eigenvalue weighted by molar-refractivity contribution is -0.141. The number of fused-ring (bicyclic) bond motifs is 2. The number of phenols is 1. The Labute approximate surface area is 200 Å². The number of carbonyl (C=O) groups excluding carboxylic acids is 1. The minimum Gasteiger partial charge on any atom is -0.506 e. The van der Waals surface area contributed by atoms with Gasteiger partial charge in [0, 0.05) is 12.0 Å². The van der Waals surface area contributed by atoms with Gasteiger partial charge in [0.05, 0.1) is 6.10 Å². The Morgan fingerprint density at radius 2 is 1.57 bits per heavy atom. The number of nitrogens with zero attached hydrogens (tertiary/aromatic N) is 5. The molecule has 1 atom stereocenters. The quantitative estimate of drug-likeness (QED) is 0.253. The van der Waals surface area contributed by atoms with Gasteiger partial charge in [-0.1, -0.05) is 36.9 Å². The van der Waals surface area contributed by atoms with E-state index in [0.717, 1.165) is 22.1 Å². The van der Waals surface area contributed by atoms with Gasteiger partial charge in [-0.3, -0.25) is 0 Å². The van der Waals surface area contributed by atoms with Crippen molar-refractivity contribution in [3.05, 3.63) is 84.4 Å². The molecule has 0 saturated heterocycles. The van der Waals surface area contributed by atoms with E-state index in [1.807, 2.05) is 48.5 Å². The van der Waals surface area contributed by atoms with Crippen molar-refractivity contribution in [2.75, 3.05) is 6.61 Å². The average Bonchev–Trinajstić information content (AvgIpc) is 3.50. The largest absolute Gasteiger partial charge is 0.506 e. The zero-order valence-electron chi connectivity index (χ0n) is 19.0. The highest BCUT2D eigenvalue weighted by atomic mass is 16.5. The molecule has 2 aromatic heterocycles. The van der Waals surface area contributed by atoms with Gasteiger partial charge in [0.1, 0.15) is 40.1 Å². The number of phenolic OH excluding ortho intramolecular Hbond substituents is 1. The van der Waals surface area contributed by atoms with Gasteiger partial charge in [-0.15, -0.1) is 15.0 Å². The summed E-state index contributed by atoms with van der Waals surface area (Å²) in [7, 11) is 0. The molecule has 35 heavy (non-hydrogen) atoms. The minimum atomic E-state index is -0.881. The second-order valence-corrected chi connectivity index (χ2v) is 7.85. The van der Waals surface area contributed by atoms with Gasteiger partial charge in [-0.05, 0) is 48.9 Å². The maximum absolute atomic E-state index is 11.3. The molecule has 178 valence electrons. The number of para-hydroxylation sites is 2. The fourth-order valence-electron chi connectivity index (χ4n) is 3.24. The molecule has 5 rings (SSSR count). The highest BCUT2D eigenvalue weighted by Gasteiger charge is 2.13. The summed E-state index contributed by atoms with van der Waals surface area (Å²) in [6, 6.07) is 20.1. The molecular formula is C25H24N6O4. The van der Waals surface area contributed by atoms with Crippen molar-refractivity contribution < 1.29 is 19.7 Å². The maximum Gasteiger partial charge on any atom is 0.333 e. The van der Waals surface area contributed by atoms with Gasteiger partial charge in [-0.2, -0.15) is 15.4 Å². The second-order valence-electron chi connectivity index (χ2n) is 7.85. The minimum absolute atomic E-state index is 0.00561. The summed E-state index contributed by atoms with van der Waals surface area (Å²) < 4.78 is 4.92. The molecule has 3 aromatic carbocycles. The Hall–Kier alpha value is -4.57. The monoisotopic (exact) mass is 472 g/mol. The molecule has 5 aromatic rings. The van der Waals surface area contributed by atoms with Crippen LogP contribution in [-0.4, -0.2) is 59.3 Å². The van der Waals surface area contributed by atoms with Crippen LogP contribution in [0.4, 0.5) is 0 Å². The van der Waals surface area contributed by atoms with Crippen LogP contribution < -0.4 is 0 Å². The smallest absolute Gasteiger partial charge is 0.333 e. The maximum atomic E-state index is 11.3. The van der Waals surface area contributed by atoms with E-state index in [2.05, 4.69) is 32.2 Å². The van der Waals surface area contributed by atoms with E-state index in [1.54, 1.807) is 12.1 Å². The molecule has 0 fully saturated rings. The number of H-pyrrole nitrogens is 1. The lowest BCUT2D eigenvalue weighted by atomic mass is 10.1. The lowest BCUT2D eigenvalue weighted by Crippen LogP contribution is -2.21. The van der Waals surface area contributed by atoms with Gasteiger partial charge in [0.25, 0.3) is 0 Å². The first-order valence-corrected chi connectivity index (χ1v) is 10.8. The average molecular weight is 473 g/mol. The number of nitrogens with one attached hydrogen (secondary N) is 1. The first kappa shape index (κ1) is 23.6. The van der Waals surface area contributed by atoms with Gasteiger partial charge in [0.2, 0.25) is 0 Å². The zero-order chi connectivity index (χ0) is 24.8. The van der Waals surface area contributed by atoms with Crippen LogP contribution in [0.25, 0.3) is 27.8 Å². The Morgan fingerprint density at radius 1 is 1.00 bits per heavy atom. The van der Waals surface area contributed by atoms with Crippen LogP contribution in [0.15, 0.2) is 78.9 Å². The molecular weight excluding hydrogens is 448 g/mol. The van der Waals surface area contributed by atoms with Crippen molar-refractivity contribution in [3.8, 4) is 11.4 Å². The van der Waals surface area contributed by atoms with Crippen molar-refractivity contribution >= 4 is 28.0 Å². The molecule has 2 heterocycles. The third-order valence-electron chi connectivity index (χ3n) is 4.99. The molecule has 10 nitrogen and oxygen atoms in total. The van der Waals surface area contributed by atoms with Crippen molar-refractivity contribution in [1.29, 1.82) is 0 Å². The van der Waals surface area contributed by atoms with Crippen LogP contribution in [-0.2, 0) is 16.0 Å². The van der Waals surface area contributed by atoms with E-state index < -0.39 is 12.1 Å². The van der Waals surface area contributed by atoms with Crippen LogP contribution in [0, 0.1) is 0 Å².